The van der Waals surface area contributed by atoms with E-state index in [-0.39, 0.29) is 23.8 Å². The zero-order valence-corrected chi connectivity index (χ0v) is 20.2. The van der Waals surface area contributed by atoms with Crippen LogP contribution in [0.4, 0.5) is 5.82 Å². The number of carbonyl (C=O) groups is 2. The highest BCUT2D eigenvalue weighted by molar-refractivity contribution is 9.10. The van der Waals surface area contributed by atoms with Gasteiger partial charge in [0.1, 0.15) is 5.82 Å². The Morgan fingerprint density at radius 3 is 2.42 bits per heavy atom. The SMILES string of the molecule is CN(CC(=O)Nc1cc(C(C)(C)C)nn1-c1ccc(Cl)cc1)C(=O)c1cccc(Br)c1. The van der Waals surface area contributed by atoms with Crippen LogP contribution in [0.3, 0.4) is 0 Å². The fourth-order valence-electron chi connectivity index (χ4n) is 2.93. The number of benzene rings is 2. The van der Waals surface area contributed by atoms with Crippen LogP contribution in [-0.4, -0.2) is 40.1 Å². The summed E-state index contributed by atoms with van der Waals surface area (Å²) in [6.45, 7) is 6.06. The van der Waals surface area contributed by atoms with Crippen LogP contribution in [0.1, 0.15) is 36.8 Å². The molecular formula is C23H24BrClN4O2. The number of halogens is 2. The van der Waals surface area contributed by atoms with E-state index in [9.17, 15) is 9.59 Å². The van der Waals surface area contributed by atoms with Crippen LogP contribution in [0.5, 0.6) is 0 Å². The van der Waals surface area contributed by atoms with Crippen LogP contribution in [0.25, 0.3) is 5.69 Å². The Morgan fingerprint density at radius 2 is 1.81 bits per heavy atom. The number of rotatable bonds is 5. The lowest BCUT2D eigenvalue weighted by molar-refractivity contribution is -0.116. The topological polar surface area (TPSA) is 67.2 Å². The third kappa shape index (κ3) is 5.74. The average molecular weight is 504 g/mol. The molecular weight excluding hydrogens is 480 g/mol. The minimum atomic E-state index is -0.318. The summed E-state index contributed by atoms with van der Waals surface area (Å²) in [7, 11) is 1.60. The maximum Gasteiger partial charge on any atom is 0.254 e. The molecule has 2 amide bonds. The second-order valence-corrected chi connectivity index (χ2v) is 9.62. The Kier molecular flexibility index (Phi) is 6.86. The molecule has 0 fully saturated rings. The van der Waals surface area contributed by atoms with Crippen LogP contribution in [-0.2, 0) is 10.2 Å². The second kappa shape index (κ2) is 9.24. The predicted octanol–water partition coefficient (Wildman–Crippen LogP) is 5.30. The molecule has 0 aliphatic rings. The number of aromatic nitrogens is 2. The zero-order chi connectivity index (χ0) is 22.8. The minimum Gasteiger partial charge on any atom is -0.332 e. The summed E-state index contributed by atoms with van der Waals surface area (Å²) in [4.78, 5) is 26.8. The van der Waals surface area contributed by atoms with Gasteiger partial charge >= 0.3 is 0 Å². The number of likely N-dealkylation sites (N-methyl/N-ethyl adjacent to an activating group) is 1. The Morgan fingerprint density at radius 1 is 1.13 bits per heavy atom. The molecule has 1 N–H and O–H groups in total. The molecule has 0 unspecified atom stereocenters. The molecule has 0 saturated heterocycles. The van der Waals surface area contributed by atoms with E-state index >= 15 is 0 Å². The lowest BCUT2D eigenvalue weighted by Gasteiger charge is -2.17. The van der Waals surface area contributed by atoms with E-state index in [2.05, 4.69) is 47.1 Å². The smallest absolute Gasteiger partial charge is 0.254 e. The zero-order valence-electron chi connectivity index (χ0n) is 17.8. The summed E-state index contributed by atoms with van der Waals surface area (Å²) in [6.07, 6.45) is 0. The molecule has 0 saturated carbocycles. The van der Waals surface area contributed by atoms with Gasteiger partial charge < -0.3 is 10.2 Å². The number of carbonyl (C=O) groups excluding carboxylic acids is 2. The van der Waals surface area contributed by atoms with Crippen LogP contribution >= 0.6 is 27.5 Å². The van der Waals surface area contributed by atoms with Crippen molar-refractivity contribution in [3.8, 4) is 5.69 Å². The molecule has 1 heterocycles. The second-order valence-electron chi connectivity index (χ2n) is 8.27. The molecule has 162 valence electrons. The van der Waals surface area contributed by atoms with Crippen molar-refractivity contribution in [1.29, 1.82) is 0 Å². The summed E-state index contributed by atoms with van der Waals surface area (Å²) in [5, 5.41) is 8.19. The molecule has 6 nitrogen and oxygen atoms in total. The van der Waals surface area contributed by atoms with Gasteiger partial charge in [0.05, 0.1) is 17.9 Å². The van der Waals surface area contributed by atoms with Crippen molar-refractivity contribution >= 4 is 45.2 Å². The molecule has 1 aromatic heterocycles. The summed E-state index contributed by atoms with van der Waals surface area (Å²) in [5.41, 5.74) is 1.90. The van der Waals surface area contributed by atoms with Crippen molar-refractivity contribution in [2.75, 3.05) is 18.9 Å². The van der Waals surface area contributed by atoms with Gasteiger partial charge in [-0.2, -0.15) is 5.10 Å². The third-order valence-electron chi connectivity index (χ3n) is 4.62. The first kappa shape index (κ1) is 23.0. The minimum absolute atomic E-state index is 0.0952. The van der Waals surface area contributed by atoms with Gasteiger partial charge in [-0.15, -0.1) is 0 Å². The van der Waals surface area contributed by atoms with Crippen molar-refractivity contribution in [2.45, 2.75) is 26.2 Å². The molecule has 0 spiro atoms. The van der Waals surface area contributed by atoms with Gasteiger partial charge in [-0.05, 0) is 42.5 Å². The van der Waals surface area contributed by atoms with Crippen molar-refractivity contribution in [2.24, 2.45) is 0 Å². The summed E-state index contributed by atoms with van der Waals surface area (Å²) >= 11 is 9.37. The molecule has 3 rings (SSSR count). The Hall–Kier alpha value is -2.64. The molecule has 0 atom stereocenters. The van der Waals surface area contributed by atoms with Crippen molar-refractivity contribution in [3.05, 3.63) is 75.4 Å². The molecule has 3 aromatic rings. The number of amides is 2. The first-order chi connectivity index (χ1) is 14.5. The monoisotopic (exact) mass is 502 g/mol. The number of hydrogen-bond acceptors (Lipinski definition) is 3. The Balaban J connectivity index is 1.80. The van der Waals surface area contributed by atoms with Crippen LogP contribution in [0, 0.1) is 0 Å². The van der Waals surface area contributed by atoms with E-state index in [0.29, 0.717) is 16.4 Å². The maximum absolute atomic E-state index is 12.7. The number of anilines is 1. The highest BCUT2D eigenvalue weighted by Crippen LogP contribution is 2.27. The molecule has 8 heteroatoms. The summed E-state index contributed by atoms with van der Waals surface area (Å²) in [6, 6.07) is 16.1. The Labute approximate surface area is 195 Å². The Bertz CT molecular complexity index is 1100. The molecule has 31 heavy (non-hydrogen) atoms. The summed E-state index contributed by atoms with van der Waals surface area (Å²) in [5.74, 6) is -0.0278. The van der Waals surface area contributed by atoms with Crippen molar-refractivity contribution in [1.82, 2.24) is 14.7 Å². The molecule has 2 aromatic carbocycles. The normalized spacial score (nSPS) is 11.3. The lowest BCUT2D eigenvalue weighted by Crippen LogP contribution is -2.35. The third-order valence-corrected chi connectivity index (χ3v) is 5.36. The van der Waals surface area contributed by atoms with E-state index in [1.54, 1.807) is 42.1 Å². The fraction of sp³-hybridized carbons (Fsp3) is 0.261. The highest BCUT2D eigenvalue weighted by atomic mass is 79.9. The van der Waals surface area contributed by atoms with E-state index in [4.69, 9.17) is 11.6 Å². The molecule has 0 aliphatic heterocycles. The van der Waals surface area contributed by atoms with Crippen molar-refractivity contribution < 1.29 is 9.59 Å². The van der Waals surface area contributed by atoms with Crippen LogP contribution in [0.2, 0.25) is 5.02 Å². The quantitative estimate of drug-likeness (QED) is 0.514. The van der Waals surface area contributed by atoms with Gasteiger partial charge in [0, 0.05) is 33.6 Å². The fourth-order valence-corrected chi connectivity index (χ4v) is 3.45. The van der Waals surface area contributed by atoms with Gasteiger partial charge in [-0.25, -0.2) is 4.68 Å². The number of hydrogen-bond donors (Lipinski definition) is 1. The van der Waals surface area contributed by atoms with E-state index < -0.39 is 0 Å². The number of nitrogens with one attached hydrogen (secondary N) is 1. The van der Waals surface area contributed by atoms with Gasteiger partial charge in [-0.1, -0.05) is 54.4 Å². The standard InChI is InChI=1S/C23H24BrClN4O2/c1-23(2,3)19-13-20(29(27-19)18-10-8-17(25)9-11-18)26-21(30)14-28(4)22(31)15-6-5-7-16(24)12-15/h5-13H,14H2,1-4H3,(H,26,30). The summed E-state index contributed by atoms with van der Waals surface area (Å²) < 4.78 is 2.48. The van der Waals surface area contributed by atoms with E-state index in [0.717, 1.165) is 15.9 Å². The van der Waals surface area contributed by atoms with Gasteiger partial charge in [0.2, 0.25) is 5.91 Å². The van der Waals surface area contributed by atoms with Crippen molar-refractivity contribution in [3.63, 3.8) is 0 Å². The van der Waals surface area contributed by atoms with Gasteiger partial charge in [0.25, 0.3) is 5.91 Å². The van der Waals surface area contributed by atoms with Crippen LogP contribution < -0.4 is 5.32 Å². The maximum atomic E-state index is 12.7. The van der Waals surface area contributed by atoms with Gasteiger partial charge in [-0.3, -0.25) is 9.59 Å². The van der Waals surface area contributed by atoms with E-state index in [1.807, 2.05) is 24.3 Å². The average Bonchev–Trinajstić information content (AvgIpc) is 3.12. The highest BCUT2D eigenvalue weighted by Gasteiger charge is 2.22. The molecule has 0 radical (unpaired) electrons. The van der Waals surface area contributed by atoms with Crippen LogP contribution in [0.15, 0.2) is 59.1 Å². The lowest BCUT2D eigenvalue weighted by atomic mass is 9.92. The van der Waals surface area contributed by atoms with E-state index in [1.165, 1.54) is 4.90 Å². The molecule has 0 bridgehead atoms. The number of nitrogens with zero attached hydrogens (tertiary/aromatic N) is 3. The first-order valence-electron chi connectivity index (χ1n) is 9.72. The van der Waals surface area contributed by atoms with Gasteiger partial charge in [0.15, 0.2) is 0 Å². The first-order valence-corrected chi connectivity index (χ1v) is 10.9. The predicted molar refractivity (Wildman–Crippen MR) is 127 cm³/mol. The largest absolute Gasteiger partial charge is 0.332 e. The molecule has 0 aliphatic carbocycles.